The molecule has 2 rings (SSSR count). The molecular formula is C15H14N2O4. The second-order valence-corrected chi connectivity index (χ2v) is 4.11. The third kappa shape index (κ3) is 3.73. The fourth-order valence-electron chi connectivity index (χ4n) is 1.84. The van der Waals surface area contributed by atoms with Crippen LogP contribution >= 0.6 is 0 Å². The number of carbonyl (C=O) groups is 2. The van der Waals surface area contributed by atoms with Gasteiger partial charge in [-0.3, -0.25) is 5.32 Å². The van der Waals surface area contributed by atoms with Crippen LogP contribution in [-0.4, -0.2) is 19.3 Å². The van der Waals surface area contributed by atoms with Crippen molar-refractivity contribution < 1.29 is 19.1 Å². The van der Waals surface area contributed by atoms with Crippen molar-refractivity contribution in [3.8, 4) is 16.9 Å². The SMILES string of the molecule is COC(=O)Nc1cccc(-c2ccccc2OC(N)=O)c1. The number of amides is 2. The topological polar surface area (TPSA) is 90.7 Å². The van der Waals surface area contributed by atoms with Gasteiger partial charge in [-0.25, -0.2) is 9.59 Å². The number of rotatable bonds is 3. The normalized spacial score (nSPS) is 9.76. The molecule has 0 saturated carbocycles. The largest absolute Gasteiger partial charge is 0.453 e. The number of nitrogens with one attached hydrogen (secondary N) is 1. The van der Waals surface area contributed by atoms with Crippen LogP contribution in [0.25, 0.3) is 11.1 Å². The van der Waals surface area contributed by atoms with E-state index in [1.807, 2.05) is 12.1 Å². The van der Waals surface area contributed by atoms with E-state index in [9.17, 15) is 9.59 Å². The van der Waals surface area contributed by atoms with Crippen molar-refractivity contribution in [2.24, 2.45) is 5.73 Å². The summed E-state index contributed by atoms with van der Waals surface area (Å²) in [7, 11) is 1.29. The van der Waals surface area contributed by atoms with Crippen molar-refractivity contribution in [3.63, 3.8) is 0 Å². The molecule has 0 aliphatic rings. The number of nitrogens with two attached hydrogens (primary N) is 1. The fourth-order valence-corrected chi connectivity index (χ4v) is 1.84. The second kappa shape index (κ2) is 6.42. The van der Waals surface area contributed by atoms with Crippen LogP contribution in [0.5, 0.6) is 5.75 Å². The van der Waals surface area contributed by atoms with Crippen molar-refractivity contribution in [2.45, 2.75) is 0 Å². The number of primary amides is 1. The molecule has 0 radical (unpaired) electrons. The summed E-state index contributed by atoms with van der Waals surface area (Å²) in [5.41, 5.74) is 7.06. The van der Waals surface area contributed by atoms with E-state index in [4.69, 9.17) is 10.5 Å². The Bertz CT molecular complexity index is 670. The van der Waals surface area contributed by atoms with Gasteiger partial charge < -0.3 is 15.2 Å². The Morgan fingerprint density at radius 1 is 1.10 bits per heavy atom. The first-order valence-electron chi connectivity index (χ1n) is 6.12. The number of carbonyl (C=O) groups excluding carboxylic acids is 2. The highest BCUT2D eigenvalue weighted by atomic mass is 16.5. The molecular weight excluding hydrogens is 272 g/mol. The third-order valence-corrected chi connectivity index (χ3v) is 2.70. The summed E-state index contributed by atoms with van der Waals surface area (Å²) in [6.07, 6.45) is -1.44. The van der Waals surface area contributed by atoms with Crippen molar-refractivity contribution in [1.82, 2.24) is 0 Å². The number of benzene rings is 2. The van der Waals surface area contributed by atoms with Crippen LogP contribution in [0, 0.1) is 0 Å². The van der Waals surface area contributed by atoms with Gasteiger partial charge in [0.15, 0.2) is 0 Å². The smallest absolute Gasteiger partial charge is 0.411 e. The Balaban J connectivity index is 2.36. The molecule has 0 fully saturated rings. The van der Waals surface area contributed by atoms with E-state index in [0.29, 0.717) is 17.0 Å². The maximum atomic E-state index is 11.2. The molecule has 0 atom stereocenters. The molecule has 0 saturated heterocycles. The summed E-state index contributed by atoms with van der Waals surface area (Å²) in [6.45, 7) is 0. The van der Waals surface area contributed by atoms with E-state index in [2.05, 4.69) is 10.1 Å². The molecule has 0 unspecified atom stereocenters. The molecule has 6 heteroatoms. The van der Waals surface area contributed by atoms with Crippen LogP contribution in [-0.2, 0) is 4.74 Å². The average Bonchev–Trinajstić information content (AvgIpc) is 2.47. The van der Waals surface area contributed by atoms with E-state index < -0.39 is 12.2 Å². The average molecular weight is 286 g/mol. The monoisotopic (exact) mass is 286 g/mol. The van der Waals surface area contributed by atoms with E-state index in [1.54, 1.807) is 36.4 Å². The number of para-hydroxylation sites is 1. The number of anilines is 1. The summed E-state index contributed by atoms with van der Waals surface area (Å²) >= 11 is 0. The van der Waals surface area contributed by atoms with E-state index in [0.717, 1.165) is 5.56 Å². The van der Waals surface area contributed by atoms with Crippen LogP contribution < -0.4 is 15.8 Å². The zero-order chi connectivity index (χ0) is 15.2. The van der Waals surface area contributed by atoms with Gasteiger partial charge in [-0.1, -0.05) is 30.3 Å². The van der Waals surface area contributed by atoms with Crippen LogP contribution in [0.4, 0.5) is 15.3 Å². The summed E-state index contributed by atoms with van der Waals surface area (Å²) in [4.78, 5) is 22.2. The van der Waals surface area contributed by atoms with Crippen LogP contribution in [0.2, 0.25) is 0 Å². The molecule has 0 heterocycles. The summed E-state index contributed by atoms with van der Waals surface area (Å²) in [6, 6.07) is 14.0. The first-order chi connectivity index (χ1) is 10.1. The quantitative estimate of drug-likeness (QED) is 0.907. The first kappa shape index (κ1) is 14.4. The van der Waals surface area contributed by atoms with Gasteiger partial charge in [-0.2, -0.15) is 0 Å². The lowest BCUT2D eigenvalue weighted by Gasteiger charge is -2.10. The highest BCUT2D eigenvalue weighted by Gasteiger charge is 2.09. The predicted molar refractivity (Wildman–Crippen MR) is 78.1 cm³/mol. The Kier molecular flexibility index (Phi) is 4.40. The van der Waals surface area contributed by atoms with Gasteiger partial charge in [-0.15, -0.1) is 0 Å². The van der Waals surface area contributed by atoms with Crippen LogP contribution in [0.3, 0.4) is 0 Å². The van der Waals surface area contributed by atoms with Crippen LogP contribution in [0.1, 0.15) is 0 Å². The number of ether oxygens (including phenoxy) is 2. The highest BCUT2D eigenvalue weighted by molar-refractivity contribution is 5.86. The first-order valence-corrected chi connectivity index (χ1v) is 6.12. The van der Waals surface area contributed by atoms with E-state index in [1.165, 1.54) is 7.11 Å². The summed E-state index contributed by atoms with van der Waals surface area (Å²) in [5.74, 6) is 0.347. The zero-order valence-corrected chi connectivity index (χ0v) is 11.3. The summed E-state index contributed by atoms with van der Waals surface area (Å²) in [5, 5.41) is 2.57. The van der Waals surface area contributed by atoms with Gasteiger partial charge in [0.05, 0.1) is 7.11 Å². The second-order valence-electron chi connectivity index (χ2n) is 4.11. The third-order valence-electron chi connectivity index (χ3n) is 2.70. The van der Waals surface area contributed by atoms with Gasteiger partial charge in [0.1, 0.15) is 5.75 Å². The Morgan fingerprint density at radius 3 is 2.57 bits per heavy atom. The molecule has 0 spiro atoms. The molecule has 2 aromatic carbocycles. The Morgan fingerprint density at radius 2 is 1.86 bits per heavy atom. The fraction of sp³-hybridized carbons (Fsp3) is 0.0667. The van der Waals surface area contributed by atoms with Gasteiger partial charge >= 0.3 is 12.2 Å². The molecule has 108 valence electrons. The van der Waals surface area contributed by atoms with Gasteiger partial charge in [-0.05, 0) is 23.8 Å². The lowest BCUT2D eigenvalue weighted by Crippen LogP contribution is -2.16. The molecule has 0 aromatic heterocycles. The Labute approximate surface area is 121 Å². The van der Waals surface area contributed by atoms with Crippen molar-refractivity contribution >= 4 is 17.9 Å². The highest BCUT2D eigenvalue weighted by Crippen LogP contribution is 2.31. The minimum absolute atomic E-state index is 0.347. The van der Waals surface area contributed by atoms with Gasteiger partial charge in [0.2, 0.25) is 0 Å². The van der Waals surface area contributed by atoms with Gasteiger partial charge in [0.25, 0.3) is 0 Å². The lowest BCUT2D eigenvalue weighted by molar-refractivity contribution is 0.187. The van der Waals surface area contributed by atoms with Crippen LogP contribution in [0.15, 0.2) is 48.5 Å². The molecule has 3 N–H and O–H groups in total. The molecule has 0 bridgehead atoms. The van der Waals surface area contributed by atoms with Crippen molar-refractivity contribution in [1.29, 1.82) is 0 Å². The number of hydrogen-bond donors (Lipinski definition) is 2. The predicted octanol–water partition coefficient (Wildman–Crippen LogP) is 2.99. The molecule has 2 amide bonds. The minimum Gasteiger partial charge on any atom is -0.453 e. The molecule has 6 nitrogen and oxygen atoms in total. The minimum atomic E-state index is -0.883. The van der Waals surface area contributed by atoms with E-state index in [-0.39, 0.29) is 0 Å². The molecule has 0 aliphatic heterocycles. The maximum absolute atomic E-state index is 11.2. The van der Waals surface area contributed by atoms with Crippen molar-refractivity contribution in [2.75, 3.05) is 12.4 Å². The Hall–Kier alpha value is -3.02. The number of methoxy groups -OCH3 is 1. The van der Waals surface area contributed by atoms with Crippen molar-refractivity contribution in [3.05, 3.63) is 48.5 Å². The van der Waals surface area contributed by atoms with Gasteiger partial charge in [0, 0.05) is 11.3 Å². The lowest BCUT2D eigenvalue weighted by atomic mass is 10.0. The number of hydrogen-bond acceptors (Lipinski definition) is 4. The molecule has 21 heavy (non-hydrogen) atoms. The molecule has 2 aromatic rings. The van der Waals surface area contributed by atoms with E-state index >= 15 is 0 Å². The standard InChI is InChI=1S/C15H14N2O4/c1-20-15(19)17-11-6-4-5-10(9-11)12-7-2-3-8-13(12)21-14(16)18/h2-9H,1H3,(H2,16,18)(H,17,19). The molecule has 0 aliphatic carbocycles. The zero-order valence-electron chi connectivity index (χ0n) is 11.3. The summed E-state index contributed by atoms with van der Waals surface area (Å²) < 4.78 is 9.51. The maximum Gasteiger partial charge on any atom is 0.411 e.